The van der Waals surface area contributed by atoms with E-state index in [4.69, 9.17) is 5.11 Å². The molecule has 0 fully saturated rings. The Labute approximate surface area is 131 Å². The fourth-order valence-corrected chi connectivity index (χ4v) is 2.34. The van der Waals surface area contributed by atoms with Crippen molar-refractivity contribution in [2.24, 2.45) is 0 Å². The molecule has 0 bridgehead atoms. The fourth-order valence-electron chi connectivity index (χ4n) is 2.34. The third-order valence-corrected chi connectivity index (χ3v) is 3.82. The second kappa shape index (κ2) is 15.6. The zero-order valence-electron chi connectivity index (χ0n) is 14.1. The molecule has 0 aromatic rings. The molecule has 0 aromatic heterocycles. The number of carbonyl (C=O) groups is 1. The third kappa shape index (κ3) is 15.4. The number of rotatable bonds is 15. The molecule has 0 radical (unpaired) electrons. The Morgan fingerprint density at radius 1 is 0.905 bits per heavy atom. The summed E-state index contributed by atoms with van der Waals surface area (Å²) in [6.45, 7) is 5.83. The van der Waals surface area contributed by atoms with E-state index >= 15 is 0 Å². The van der Waals surface area contributed by atoms with Gasteiger partial charge in [-0.15, -0.1) is 0 Å². The first kappa shape index (κ1) is 20.2. The van der Waals surface area contributed by atoms with Crippen LogP contribution in [-0.2, 0) is 4.79 Å². The number of hydrogen-bond acceptors (Lipinski definition) is 2. The molecule has 0 saturated heterocycles. The summed E-state index contributed by atoms with van der Waals surface area (Å²) in [4.78, 5) is 10.6. The van der Waals surface area contributed by atoms with Crippen molar-refractivity contribution in [1.29, 1.82) is 0 Å². The first-order valence-corrected chi connectivity index (χ1v) is 8.79. The highest BCUT2D eigenvalue weighted by molar-refractivity contribution is 5.85. The molecule has 0 aromatic carbocycles. The van der Waals surface area contributed by atoms with E-state index in [0.29, 0.717) is 5.57 Å². The van der Waals surface area contributed by atoms with Gasteiger partial charge in [-0.05, 0) is 32.9 Å². The maximum atomic E-state index is 10.6. The van der Waals surface area contributed by atoms with Gasteiger partial charge < -0.3 is 10.4 Å². The van der Waals surface area contributed by atoms with Crippen molar-refractivity contribution in [2.45, 2.75) is 84.5 Å². The van der Waals surface area contributed by atoms with Gasteiger partial charge in [-0.25, -0.2) is 4.79 Å². The quantitative estimate of drug-likeness (QED) is 0.333. The van der Waals surface area contributed by atoms with Crippen LogP contribution in [0.1, 0.15) is 84.5 Å². The standard InChI is InChI=1S/C18H35NO2/c1-3-4-5-6-7-8-9-10-11-12-15-19-16-13-14-17(2)18(20)21/h14,19H,3-13,15-16H2,1-2H3,(H,20,21). The number of nitrogens with one attached hydrogen (secondary N) is 1. The van der Waals surface area contributed by atoms with Crippen molar-refractivity contribution in [3.63, 3.8) is 0 Å². The van der Waals surface area contributed by atoms with E-state index in [9.17, 15) is 4.79 Å². The third-order valence-electron chi connectivity index (χ3n) is 3.82. The van der Waals surface area contributed by atoms with E-state index in [2.05, 4.69) is 12.2 Å². The summed E-state index contributed by atoms with van der Waals surface area (Å²) in [5.74, 6) is -0.815. The lowest BCUT2D eigenvalue weighted by molar-refractivity contribution is -0.132. The van der Waals surface area contributed by atoms with Gasteiger partial charge in [0, 0.05) is 5.57 Å². The molecule has 3 nitrogen and oxygen atoms in total. The Kier molecular flexibility index (Phi) is 14.9. The second-order valence-corrected chi connectivity index (χ2v) is 5.91. The fraction of sp³-hybridized carbons (Fsp3) is 0.833. The molecule has 2 N–H and O–H groups in total. The van der Waals surface area contributed by atoms with Crippen molar-refractivity contribution in [1.82, 2.24) is 5.32 Å². The van der Waals surface area contributed by atoms with Crippen molar-refractivity contribution >= 4 is 5.97 Å². The average molecular weight is 297 g/mol. The van der Waals surface area contributed by atoms with Gasteiger partial charge in [0.2, 0.25) is 0 Å². The molecule has 0 saturated carbocycles. The monoisotopic (exact) mass is 297 g/mol. The van der Waals surface area contributed by atoms with Gasteiger partial charge in [-0.2, -0.15) is 0 Å². The highest BCUT2D eigenvalue weighted by Gasteiger charge is 1.97. The van der Waals surface area contributed by atoms with Crippen molar-refractivity contribution < 1.29 is 9.90 Å². The van der Waals surface area contributed by atoms with E-state index in [0.717, 1.165) is 19.5 Å². The molecular weight excluding hydrogens is 262 g/mol. The predicted molar refractivity (Wildman–Crippen MR) is 90.7 cm³/mol. The molecule has 0 aliphatic heterocycles. The Morgan fingerprint density at radius 3 is 1.95 bits per heavy atom. The van der Waals surface area contributed by atoms with Crippen LogP contribution in [0.4, 0.5) is 0 Å². The van der Waals surface area contributed by atoms with Crippen LogP contribution in [0.25, 0.3) is 0 Å². The largest absolute Gasteiger partial charge is 0.478 e. The van der Waals surface area contributed by atoms with Crippen LogP contribution in [0.2, 0.25) is 0 Å². The van der Waals surface area contributed by atoms with Crippen molar-refractivity contribution in [2.75, 3.05) is 13.1 Å². The van der Waals surface area contributed by atoms with Crippen LogP contribution < -0.4 is 5.32 Å². The minimum absolute atomic E-state index is 0.440. The van der Waals surface area contributed by atoms with E-state index in [1.54, 1.807) is 13.0 Å². The van der Waals surface area contributed by atoms with Gasteiger partial charge in [0.25, 0.3) is 0 Å². The van der Waals surface area contributed by atoms with Crippen LogP contribution in [0, 0.1) is 0 Å². The lowest BCUT2D eigenvalue weighted by Crippen LogP contribution is -2.16. The van der Waals surface area contributed by atoms with Gasteiger partial charge in [0.1, 0.15) is 0 Å². The second-order valence-electron chi connectivity index (χ2n) is 5.91. The minimum Gasteiger partial charge on any atom is -0.478 e. The Bertz CT molecular complexity index is 274. The summed E-state index contributed by atoms with van der Waals surface area (Å²) < 4.78 is 0. The van der Waals surface area contributed by atoms with E-state index < -0.39 is 5.97 Å². The van der Waals surface area contributed by atoms with Crippen LogP contribution in [-0.4, -0.2) is 24.2 Å². The molecule has 0 amide bonds. The zero-order chi connectivity index (χ0) is 15.8. The molecule has 0 atom stereocenters. The molecule has 0 aliphatic carbocycles. The summed E-state index contributed by atoms with van der Waals surface area (Å²) in [6, 6.07) is 0. The molecule has 0 unspecified atom stereocenters. The molecule has 21 heavy (non-hydrogen) atoms. The molecule has 0 rings (SSSR count). The van der Waals surface area contributed by atoms with E-state index in [-0.39, 0.29) is 0 Å². The molecule has 3 heteroatoms. The topological polar surface area (TPSA) is 49.3 Å². The summed E-state index contributed by atoms with van der Waals surface area (Å²) >= 11 is 0. The van der Waals surface area contributed by atoms with Crippen LogP contribution >= 0.6 is 0 Å². The van der Waals surface area contributed by atoms with Gasteiger partial charge in [0.05, 0.1) is 0 Å². The highest BCUT2D eigenvalue weighted by Crippen LogP contribution is 2.10. The molecule has 0 aliphatic rings. The van der Waals surface area contributed by atoms with E-state index in [1.807, 2.05) is 0 Å². The number of aliphatic carboxylic acids is 1. The van der Waals surface area contributed by atoms with Crippen molar-refractivity contribution in [3.05, 3.63) is 11.6 Å². The summed E-state index contributed by atoms with van der Waals surface area (Å²) in [5.41, 5.74) is 0.440. The van der Waals surface area contributed by atoms with Crippen LogP contribution in [0.15, 0.2) is 11.6 Å². The van der Waals surface area contributed by atoms with Gasteiger partial charge >= 0.3 is 5.97 Å². The molecular formula is C18H35NO2. The lowest BCUT2D eigenvalue weighted by atomic mass is 10.1. The maximum Gasteiger partial charge on any atom is 0.330 e. The van der Waals surface area contributed by atoms with Crippen molar-refractivity contribution in [3.8, 4) is 0 Å². The van der Waals surface area contributed by atoms with Gasteiger partial charge in [-0.1, -0.05) is 70.8 Å². The summed E-state index contributed by atoms with van der Waals surface area (Å²) in [6.07, 6.45) is 16.2. The predicted octanol–water partition coefficient (Wildman–Crippen LogP) is 4.92. The summed E-state index contributed by atoms with van der Waals surface area (Å²) in [7, 11) is 0. The zero-order valence-corrected chi connectivity index (χ0v) is 14.1. The molecule has 0 heterocycles. The number of carboxylic acid groups (broad SMARTS) is 1. The van der Waals surface area contributed by atoms with Gasteiger partial charge in [-0.3, -0.25) is 0 Å². The average Bonchev–Trinajstić information content (AvgIpc) is 2.47. The first-order valence-electron chi connectivity index (χ1n) is 8.79. The van der Waals surface area contributed by atoms with Crippen LogP contribution in [0.5, 0.6) is 0 Å². The Morgan fingerprint density at radius 2 is 1.43 bits per heavy atom. The normalized spacial score (nSPS) is 11.8. The SMILES string of the molecule is CCCCCCCCCCCCNCCC=C(C)C(=O)O. The van der Waals surface area contributed by atoms with E-state index in [1.165, 1.54) is 64.2 Å². The number of unbranched alkanes of at least 4 members (excludes halogenated alkanes) is 9. The smallest absolute Gasteiger partial charge is 0.330 e. The van der Waals surface area contributed by atoms with Crippen LogP contribution in [0.3, 0.4) is 0 Å². The number of hydrogen-bond donors (Lipinski definition) is 2. The minimum atomic E-state index is -0.815. The number of carboxylic acids is 1. The molecule has 0 spiro atoms. The first-order chi connectivity index (χ1) is 10.2. The van der Waals surface area contributed by atoms with Gasteiger partial charge in [0.15, 0.2) is 0 Å². The lowest BCUT2D eigenvalue weighted by Gasteiger charge is -2.04. The highest BCUT2D eigenvalue weighted by atomic mass is 16.4. The maximum absolute atomic E-state index is 10.6. The molecule has 124 valence electrons. The summed E-state index contributed by atoms with van der Waals surface area (Å²) in [5, 5.41) is 12.1. The Hall–Kier alpha value is -0.830. The Balaban J connectivity index is 3.12.